The first-order chi connectivity index (χ1) is 11.0. The lowest BCUT2D eigenvalue weighted by molar-refractivity contribution is -0.114. The molecule has 0 radical (unpaired) electrons. The summed E-state index contributed by atoms with van der Waals surface area (Å²) >= 11 is 6.19. The molecule has 2 aliphatic rings. The number of fused-ring (bicyclic) bond motifs is 1. The fourth-order valence-corrected chi connectivity index (χ4v) is 3.50. The lowest BCUT2D eigenvalue weighted by atomic mass is 9.86. The van der Waals surface area contributed by atoms with Crippen LogP contribution >= 0.6 is 11.6 Å². The minimum Gasteiger partial charge on any atom is -0.326 e. The molecule has 23 heavy (non-hydrogen) atoms. The first kappa shape index (κ1) is 15.9. The third-order valence-electron chi connectivity index (χ3n) is 4.44. The molecule has 0 bridgehead atoms. The van der Waals surface area contributed by atoms with Crippen molar-refractivity contribution in [2.75, 3.05) is 23.7 Å². The summed E-state index contributed by atoms with van der Waals surface area (Å²) in [6.07, 6.45) is 6.53. The standard InChI is InChI=1S/C17H20ClN3O2/c1-11(22)19-14-6-7-16(15(18)8-14)20-17(23)21-9-12-4-2-3-5-13(12)10-21/h2-3,6-8,12-13H,4-5,9-10H2,1H3,(H,19,22)(H,20,23)/t12-,13+. The van der Waals surface area contributed by atoms with E-state index < -0.39 is 0 Å². The fraction of sp³-hybridized carbons (Fsp3) is 0.412. The van der Waals surface area contributed by atoms with Crippen molar-refractivity contribution < 1.29 is 9.59 Å². The van der Waals surface area contributed by atoms with Crippen molar-refractivity contribution in [2.45, 2.75) is 19.8 Å². The average molecular weight is 334 g/mol. The number of hydrogen-bond donors (Lipinski definition) is 2. The van der Waals surface area contributed by atoms with E-state index in [1.807, 2.05) is 4.90 Å². The summed E-state index contributed by atoms with van der Waals surface area (Å²) in [5.41, 5.74) is 1.16. The van der Waals surface area contributed by atoms with Crippen LogP contribution in [0.15, 0.2) is 30.4 Å². The molecule has 0 spiro atoms. The molecular weight excluding hydrogens is 314 g/mol. The predicted molar refractivity (Wildman–Crippen MR) is 91.7 cm³/mol. The second-order valence-corrected chi connectivity index (χ2v) is 6.58. The van der Waals surface area contributed by atoms with Gasteiger partial charge >= 0.3 is 6.03 Å². The Labute approximate surface area is 140 Å². The molecule has 1 aliphatic heterocycles. The van der Waals surface area contributed by atoms with Crippen LogP contribution in [0.25, 0.3) is 0 Å². The van der Waals surface area contributed by atoms with Gasteiger partial charge in [-0.3, -0.25) is 4.79 Å². The number of rotatable bonds is 2. The smallest absolute Gasteiger partial charge is 0.321 e. The highest BCUT2D eigenvalue weighted by Crippen LogP contribution is 2.33. The molecule has 122 valence electrons. The Bertz CT molecular complexity index is 643. The Kier molecular flexibility index (Phi) is 4.57. The normalized spacial score (nSPS) is 22.6. The molecule has 3 amide bonds. The number of allylic oxidation sites excluding steroid dienone is 2. The maximum atomic E-state index is 12.4. The molecule has 6 heteroatoms. The first-order valence-electron chi connectivity index (χ1n) is 7.81. The van der Waals surface area contributed by atoms with Gasteiger partial charge in [0.05, 0.1) is 10.7 Å². The molecule has 3 rings (SSSR count). The molecule has 1 aromatic rings. The molecule has 1 aliphatic carbocycles. The van der Waals surface area contributed by atoms with E-state index in [-0.39, 0.29) is 11.9 Å². The third-order valence-corrected chi connectivity index (χ3v) is 4.75. The Balaban J connectivity index is 1.63. The van der Waals surface area contributed by atoms with Gasteiger partial charge in [-0.15, -0.1) is 0 Å². The quantitative estimate of drug-likeness (QED) is 0.810. The summed E-state index contributed by atoms with van der Waals surface area (Å²) in [4.78, 5) is 25.3. The Morgan fingerprint density at radius 1 is 1.13 bits per heavy atom. The van der Waals surface area contributed by atoms with Crippen LogP contribution in [0.3, 0.4) is 0 Å². The third kappa shape index (κ3) is 3.67. The monoisotopic (exact) mass is 333 g/mol. The highest BCUT2D eigenvalue weighted by atomic mass is 35.5. The minimum atomic E-state index is -0.161. The molecule has 2 N–H and O–H groups in total. The Morgan fingerprint density at radius 2 is 1.78 bits per heavy atom. The Hall–Kier alpha value is -2.01. The van der Waals surface area contributed by atoms with E-state index in [0.717, 1.165) is 25.9 Å². The van der Waals surface area contributed by atoms with Gasteiger partial charge in [0.25, 0.3) is 0 Å². The molecule has 1 fully saturated rings. The number of nitrogens with zero attached hydrogens (tertiary/aromatic N) is 1. The molecule has 5 nitrogen and oxygen atoms in total. The van der Waals surface area contributed by atoms with Crippen LogP contribution in [0.5, 0.6) is 0 Å². The van der Waals surface area contributed by atoms with Gasteiger partial charge in [-0.2, -0.15) is 0 Å². The number of nitrogens with one attached hydrogen (secondary N) is 2. The highest BCUT2D eigenvalue weighted by Gasteiger charge is 2.35. The molecule has 1 aromatic carbocycles. The van der Waals surface area contributed by atoms with Gasteiger partial charge < -0.3 is 15.5 Å². The lowest BCUT2D eigenvalue weighted by Crippen LogP contribution is -2.33. The summed E-state index contributed by atoms with van der Waals surface area (Å²) in [7, 11) is 0. The van der Waals surface area contributed by atoms with Crippen LogP contribution in [0.4, 0.5) is 16.2 Å². The minimum absolute atomic E-state index is 0.117. The van der Waals surface area contributed by atoms with Gasteiger partial charge in [0, 0.05) is 25.7 Å². The number of urea groups is 1. The van der Waals surface area contributed by atoms with Gasteiger partial charge in [0.15, 0.2) is 0 Å². The van der Waals surface area contributed by atoms with Crippen molar-refractivity contribution in [1.82, 2.24) is 4.90 Å². The van der Waals surface area contributed by atoms with Crippen molar-refractivity contribution in [3.05, 3.63) is 35.4 Å². The van der Waals surface area contributed by atoms with Gasteiger partial charge in [0.2, 0.25) is 5.91 Å². The van der Waals surface area contributed by atoms with Crippen molar-refractivity contribution in [1.29, 1.82) is 0 Å². The zero-order valence-corrected chi connectivity index (χ0v) is 13.8. The molecule has 1 saturated heterocycles. The summed E-state index contributed by atoms with van der Waals surface area (Å²) in [6.45, 7) is 3.02. The van der Waals surface area contributed by atoms with E-state index in [2.05, 4.69) is 22.8 Å². The maximum Gasteiger partial charge on any atom is 0.321 e. The zero-order valence-electron chi connectivity index (χ0n) is 13.0. The number of hydrogen-bond acceptors (Lipinski definition) is 2. The number of halogens is 1. The van der Waals surface area contributed by atoms with Crippen molar-refractivity contribution in [2.24, 2.45) is 11.8 Å². The molecule has 0 aromatic heterocycles. The number of anilines is 2. The summed E-state index contributed by atoms with van der Waals surface area (Å²) in [5, 5.41) is 5.93. The van der Waals surface area contributed by atoms with Crippen LogP contribution in [0.2, 0.25) is 5.02 Å². The second kappa shape index (κ2) is 6.62. The maximum absolute atomic E-state index is 12.4. The van der Waals surface area contributed by atoms with Crippen LogP contribution in [0.1, 0.15) is 19.8 Å². The van der Waals surface area contributed by atoms with Gasteiger partial charge in [-0.1, -0.05) is 23.8 Å². The summed E-state index contributed by atoms with van der Waals surface area (Å²) in [6, 6.07) is 4.94. The number of carbonyl (C=O) groups excluding carboxylic acids is 2. The number of carbonyl (C=O) groups is 2. The molecule has 0 saturated carbocycles. The van der Waals surface area contributed by atoms with E-state index in [9.17, 15) is 9.59 Å². The molecular formula is C17H20ClN3O2. The number of likely N-dealkylation sites (tertiary alicyclic amines) is 1. The number of amides is 3. The van der Waals surface area contributed by atoms with Crippen LogP contribution in [0, 0.1) is 11.8 Å². The largest absolute Gasteiger partial charge is 0.326 e. The van der Waals surface area contributed by atoms with Crippen molar-refractivity contribution in [3.63, 3.8) is 0 Å². The van der Waals surface area contributed by atoms with Crippen LogP contribution < -0.4 is 10.6 Å². The topological polar surface area (TPSA) is 61.4 Å². The molecule has 0 unspecified atom stereocenters. The second-order valence-electron chi connectivity index (χ2n) is 6.17. The SMILES string of the molecule is CC(=O)Nc1ccc(NC(=O)N2C[C@H]3CC=CC[C@H]3C2)c(Cl)c1. The molecule has 2 atom stereocenters. The van der Waals surface area contributed by atoms with Gasteiger partial charge in [-0.25, -0.2) is 4.79 Å². The first-order valence-corrected chi connectivity index (χ1v) is 8.19. The fourth-order valence-electron chi connectivity index (χ4n) is 3.27. The van der Waals surface area contributed by atoms with Gasteiger partial charge in [0.1, 0.15) is 0 Å². The van der Waals surface area contributed by atoms with E-state index >= 15 is 0 Å². The average Bonchev–Trinajstić information content (AvgIpc) is 2.93. The lowest BCUT2D eigenvalue weighted by Gasteiger charge is -2.18. The summed E-state index contributed by atoms with van der Waals surface area (Å²) in [5.74, 6) is 0.984. The van der Waals surface area contributed by atoms with Crippen LogP contribution in [-0.4, -0.2) is 29.9 Å². The molecule has 1 heterocycles. The predicted octanol–water partition coefficient (Wildman–Crippen LogP) is 3.73. The zero-order chi connectivity index (χ0) is 16.4. The van der Waals surface area contributed by atoms with Gasteiger partial charge in [-0.05, 0) is 42.9 Å². The Morgan fingerprint density at radius 3 is 2.35 bits per heavy atom. The van der Waals surface area contributed by atoms with Crippen LogP contribution in [-0.2, 0) is 4.79 Å². The van der Waals surface area contributed by atoms with E-state index in [4.69, 9.17) is 11.6 Å². The van der Waals surface area contributed by atoms with E-state index in [1.54, 1.807) is 18.2 Å². The van der Waals surface area contributed by atoms with Crippen molar-refractivity contribution >= 4 is 34.9 Å². The van der Waals surface area contributed by atoms with E-state index in [1.165, 1.54) is 6.92 Å². The summed E-state index contributed by atoms with van der Waals surface area (Å²) < 4.78 is 0. The number of benzene rings is 1. The highest BCUT2D eigenvalue weighted by molar-refractivity contribution is 6.34. The van der Waals surface area contributed by atoms with E-state index in [0.29, 0.717) is 28.2 Å². The van der Waals surface area contributed by atoms with Crippen molar-refractivity contribution in [3.8, 4) is 0 Å².